The Bertz CT molecular complexity index is 565. The van der Waals surface area contributed by atoms with Gasteiger partial charge in [0.15, 0.2) is 0 Å². The van der Waals surface area contributed by atoms with Crippen molar-refractivity contribution in [3.8, 4) is 5.75 Å². The van der Waals surface area contributed by atoms with Crippen LogP contribution in [-0.2, 0) is 9.59 Å². The van der Waals surface area contributed by atoms with Crippen LogP contribution in [0.1, 0.15) is 25.7 Å². The molecule has 0 radical (unpaired) electrons. The fraction of sp³-hybridized carbons (Fsp3) is 0.529. The third kappa shape index (κ3) is 4.39. The van der Waals surface area contributed by atoms with E-state index in [1.807, 2.05) is 4.90 Å². The molecule has 1 aromatic rings. The van der Waals surface area contributed by atoms with Gasteiger partial charge >= 0.3 is 0 Å². The number of likely N-dealkylation sites (tertiary alicyclic amines) is 1. The number of nitrogens with zero attached hydrogens (tertiary/aromatic N) is 1. The summed E-state index contributed by atoms with van der Waals surface area (Å²) in [6, 6.07) is 6.42. The second-order valence-electron chi connectivity index (χ2n) is 6.28. The molecule has 1 aromatic carbocycles. The molecule has 2 aliphatic rings. The largest absolute Gasteiger partial charge is 0.508 e. The number of hydrogen-bond donors (Lipinski definition) is 3. The van der Waals surface area contributed by atoms with E-state index in [1.54, 1.807) is 24.3 Å². The van der Waals surface area contributed by atoms with E-state index in [1.165, 1.54) is 0 Å². The van der Waals surface area contributed by atoms with Gasteiger partial charge in [-0.15, -0.1) is 12.4 Å². The molecule has 0 saturated carbocycles. The first-order chi connectivity index (χ1) is 11.1. The van der Waals surface area contributed by atoms with Gasteiger partial charge in [0.2, 0.25) is 11.8 Å². The van der Waals surface area contributed by atoms with Gasteiger partial charge in [-0.25, -0.2) is 0 Å². The Morgan fingerprint density at radius 2 is 1.79 bits per heavy atom. The number of benzene rings is 1. The molecule has 2 saturated heterocycles. The van der Waals surface area contributed by atoms with Crippen molar-refractivity contribution in [3.05, 3.63) is 24.3 Å². The van der Waals surface area contributed by atoms with Crippen LogP contribution in [0.2, 0.25) is 0 Å². The van der Waals surface area contributed by atoms with Crippen molar-refractivity contribution in [2.45, 2.75) is 31.7 Å². The average molecular weight is 354 g/mol. The Hall–Kier alpha value is -1.79. The number of piperidine rings is 1. The third-order valence-electron chi connectivity index (χ3n) is 4.67. The number of amides is 2. The summed E-state index contributed by atoms with van der Waals surface area (Å²) >= 11 is 0. The van der Waals surface area contributed by atoms with Crippen molar-refractivity contribution in [2.24, 2.45) is 5.92 Å². The van der Waals surface area contributed by atoms with Gasteiger partial charge in [0.25, 0.3) is 0 Å². The maximum Gasteiger partial charge on any atom is 0.239 e. The van der Waals surface area contributed by atoms with E-state index >= 15 is 0 Å². The minimum absolute atomic E-state index is 0. The second-order valence-corrected chi connectivity index (χ2v) is 6.28. The van der Waals surface area contributed by atoms with Gasteiger partial charge in [-0.05, 0) is 56.5 Å². The number of halogens is 1. The first kappa shape index (κ1) is 18.5. The van der Waals surface area contributed by atoms with Gasteiger partial charge in [0.1, 0.15) is 5.75 Å². The van der Waals surface area contributed by atoms with E-state index in [-0.39, 0.29) is 41.9 Å². The lowest BCUT2D eigenvalue weighted by atomic mass is 9.95. The summed E-state index contributed by atoms with van der Waals surface area (Å²) in [6.07, 6.45) is 3.37. The van der Waals surface area contributed by atoms with Crippen LogP contribution in [-0.4, -0.2) is 47.5 Å². The van der Waals surface area contributed by atoms with Crippen molar-refractivity contribution in [1.82, 2.24) is 10.2 Å². The third-order valence-corrected chi connectivity index (χ3v) is 4.67. The first-order valence-corrected chi connectivity index (χ1v) is 8.25. The highest BCUT2D eigenvalue weighted by atomic mass is 35.5. The first-order valence-electron chi connectivity index (χ1n) is 8.25. The summed E-state index contributed by atoms with van der Waals surface area (Å²) in [7, 11) is 0. The van der Waals surface area contributed by atoms with Gasteiger partial charge in [-0.2, -0.15) is 0 Å². The quantitative estimate of drug-likeness (QED) is 0.723. The molecule has 0 bridgehead atoms. The highest BCUT2D eigenvalue weighted by Gasteiger charge is 2.31. The van der Waals surface area contributed by atoms with E-state index in [0.29, 0.717) is 31.6 Å². The number of rotatable bonds is 3. The Morgan fingerprint density at radius 3 is 2.38 bits per heavy atom. The van der Waals surface area contributed by atoms with E-state index in [9.17, 15) is 14.7 Å². The summed E-state index contributed by atoms with van der Waals surface area (Å²) in [6.45, 7) is 2.21. The highest BCUT2D eigenvalue weighted by Crippen LogP contribution is 2.22. The van der Waals surface area contributed by atoms with Crippen molar-refractivity contribution in [1.29, 1.82) is 0 Å². The zero-order chi connectivity index (χ0) is 16.2. The summed E-state index contributed by atoms with van der Waals surface area (Å²) in [5, 5.41) is 15.4. The van der Waals surface area contributed by atoms with Crippen molar-refractivity contribution in [2.75, 3.05) is 25.0 Å². The molecule has 24 heavy (non-hydrogen) atoms. The fourth-order valence-corrected chi connectivity index (χ4v) is 3.27. The SMILES string of the molecule is Cl.O=C(Nc1ccc(O)cc1)C1CCN(C(=O)C2CCCN2)CC1. The van der Waals surface area contributed by atoms with Crippen molar-refractivity contribution >= 4 is 29.9 Å². The molecule has 132 valence electrons. The number of phenolic OH excluding ortho intramolecular Hbond substituents is 1. The number of aromatic hydroxyl groups is 1. The van der Waals surface area contributed by atoms with Gasteiger partial charge in [-0.3, -0.25) is 9.59 Å². The molecule has 1 unspecified atom stereocenters. The van der Waals surface area contributed by atoms with E-state index in [0.717, 1.165) is 19.4 Å². The van der Waals surface area contributed by atoms with Gasteiger partial charge in [0, 0.05) is 24.7 Å². The van der Waals surface area contributed by atoms with Crippen LogP contribution >= 0.6 is 12.4 Å². The maximum atomic E-state index is 12.3. The molecule has 1 atom stereocenters. The van der Waals surface area contributed by atoms with E-state index in [4.69, 9.17) is 0 Å². The molecule has 2 heterocycles. The molecule has 2 aliphatic heterocycles. The lowest BCUT2D eigenvalue weighted by molar-refractivity contribution is -0.136. The molecule has 0 spiro atoms. The molecule has 2 amide bonds. The molecule has 3 rings (SSSR count). The Morgan fingerprint density at radius 1 is 1.12 bits per heavy atom. The van der Waals surface area contributed by atoms with Crippen LogP contribution in [0, 0.1) is 5.92 Å². The molecule has 0 aromatic heterocycles. The minimum atomic E-state index is -0.0654. The smallest absolute Gasteiger partial charge is 0.239 e. The lowest BCUT2D eigenvalue weighted by Crippen LogP contribution is -2.48. The number of carbonyl (C=O) groups excluding carboxylic acids is 2. The van der Waals surface area contributed by atoms with E-state index in [2.05, 4.69) is 10.6 Å². The number of nitrogens with one attached hydrogen (secondary N) is 2. The molecule has 6 nitrogen and oxygen atoms in total. The van der Waals surface area contributed by atoms with Crippen LogP contribution in [0.15, 0.2) is 24.3 Å². The van der Waals surface area contributed by atoms with Crippen molar-refractivity contribution in [3.63, 3.8) is 0 Å². The Kier molecular flexibility index (Phi) is 6.45. The molecule has 3 N–H and O–H groups in total. The number of phenols is 1. The lowest BCUT2D eigenvalue weighted by Gasteiger charge is -2.33. The summed E-state index contributed by atoms with van der Waals surface area (Å²) in [4.78, 5) is 26.5. The minimum Gasteiger partial charge on any atom is -0.508 e. The van der Waals surface area contributed by atoms with Gasteiger partial charge in [-0.1, -0.05) is 0 Å². The van der Waals surface area contributed by atoms with Crippen LogP contribution in [0.4, 0.5) is 5.69 Å². The highest BCUT2D eigenvalue weighted by molar-refractivity contribution is 5.93. The summed E-state index contributed by atoms with van der Waals surface area (Å²) < 4.78 is 0. The number of hydrogen-bond acceptors (Lipinski definition) is 4. The molecule has 7 heteroatoms. The fourth-order valence-electron chi connectivity index (χ4n) is 3.27. The molecule has 2 fully saturated rings. The monoisotopic (exact) mass is 353 g/mol. The number of carbonyl (C=O) groups is 2. The topological polar surface area (TPSA) is 81.7 Å². The maximum absolute atomic E-state index is 12.3. The summed E-state index contributed by atoms with van der Waals surface area (Å²) in [5.74, 6) is 0.279. The van der Waals surface area contributed by atoms with Crippen molar-refractivity contribution < 1.29 is 14.7 Å². The molecular weight excluding hydrogens is 330 g/mol. The molecule has 0 aliphatic carbocycles. The Balaban J connectivity index is 0.00000208. The van der Waals surface area contributed by atoms with E-state index < -0.39 is 0 Å². The standard InChI is InChI=1S/C17H23N3O3.ClH/c21-14-5-3-13(4-6-14)19-16(22)12-7-10-20(11-8-12)17(23)15-2-1-9-18-15;/h3-6,12,15,18,21H,1-2,7-11H2,(H,19,22);1H. The van der Waals surface area contributed by atoms with Crippen LogP contribution in [0.5, 0.6) is 5.75 Å². The zero-order valence-corrected chi connectivity index (χ0v) is 14.3. The zero-order valence-electron chi connectivity index (χ0n) is 13.5. The van der Waals surface area contributed by atoms with Crippen LogP contribution < -0.4 is 10.6 Å². The predicted molar refractivity (Wildman–Crippen MR) is 94.3 cm³/mol. The van der Waals surface area contributed by atoms with Crippen LogP contribution in [0.3, 0.4) is 0 Å². The van der Waals surface area contributed by atoms with Gasteiger partial charge in [0.05, 0.1) is 6.04 Å². The summed E-state index contributed by atoms with van der Waals surface area (Å²) in [5.41, 5.74) is 0.682. The normalized spacial score (nSPS) is 21.2. The average Bonchev–Trinajstić information content (AvgIpc) is 3.11. The van der Waals surface area contributed by atoms with Gasteiger partial charge < -0.3 is 20.6 Å². The second kappa shape index (κ2) is 8.35. The molecular formula is C17H24ClN3O3. The number of anilines is 1. The predicted octanol–water partition coefficient (Wildman–Crippen LogP) is 1.74. The Labute approximate surface area is 148 Å². The van der Waals surface area contributed by atoms with Crippen LogP contribution in [0.25, 0.3) is 0 Å².